The third kappa shape index (κ3) is 4.35. The van der Waals surface area contributed by atoms with Crippen molar-refractivity contribution in [2.75, 3.05) is 33.3 Å². The van der Waals surface area contributed by atoms with Crippen molar-refractivity contribution in [2.45, 2.75) is 32.2 Å². The van der Waals surface area contributed by atoms with Gasteiger partial charge in [0.05, 0.1) is 6.61 Å². The van der Waals surface area contributed by atoms with Crippen LogP contribution in [0, 0.1) is 5.92 Å². The maximum Gasteiger partial charge on any atom is 0.122 e. The number of nitrogens with one attached hydrogen (secondary N) is 1. The number of benzene rings is 1. The molecule has 0 radical (unpaired) electrons. The van der Waals surface area contributed by atoms with Gasteiger partial charge in [-0.25, -0.2) is 0 Å². The van der Waals surface area contributed by atoms with Crippen molar-refractivity contribution in [3.05, 3.63) is 29.3 Å². The molecule has 1 aromatic rings. The molecule has 2 aliphatic rings. The van der Waals surface area contributed by atoms with Gasteiger partial charge >= 0.3 is 0 Å². The van der Waals surface area contributed by atoms with Crippen LogP contribution in [0.4, 0.5) is 0 Å². The number of halogens is 1. The van der Waals surface area contributed by atoms with E-state index < -0.39 is 0 Å². The molecule has 2 aliphatic heterocycles. The minimum atomic E-state index is 0. The normalized spacial score (nSPS) is 18.9. The Hall–Kier alpha value is -0.770. The first kappa shape index (κ1) is 16.6. The van der Waals surface area contributed by atoms with Gasteiger partial charge in [0.25, 0.3) is 0 Å². The second-order valence-electron chi connectivity index (χ2n) is 6.15. The highest BCUT2D eigenvalue weighted by molar-refractivity contribution is 5.85. The number of nitrogens with zero attached hydrogens (tertiary/aromatic N) is 1. The zero-order valence-corrected chi connectivity index (χ0v) is 13.8. The van der Waals surface area contributed by atoms with E-state index in [2.05, 4.69) is 28.4 Å². The first-order valence-corrected chi connectivity index (χ1v) is 7.96. The van der Waals surface area contributed by atoms with Crippen molar-refractivity contribution in [3.8, 4) is 5.75 Å². The maximum atomic E-state index is 5.58. The van der Waals surface area contributed by atoms with Crippen LogP contribution in [0.15, 0.2) is 18.2 Å². The van der Waals surface area contributed by atoms with Crippen LogP contribution in [0.1, 0.15) is 30.4 Å². The molecule has 0 atom stereocenters. The molecule has 4 heteroatoms. The van der Waals surface area contributed by atoms with E-state index in [1.54, 1.807) is 0 Å². The summed E-state index contributed by atoms with van der Waals surface area (Å²) >= 11 is 0. The largest absolute Gasteiger partial charge is 0.493 e. The Bertz CT molecular complexity index is 444. The topological polar surface area (TPSA) is 24.5 Å². The highest BCUT2D eigenvalue weighted by Gasteiger charge is 2.19. The molecule has 1 aromatic carbocycles. The first-order chi connectivity index (χ1) is 9.85. The monoisotopic (exact) mass is 310 g/mol. The number of fused-ring (bicyclic) bond motifs is 1. The van der Waals surface area contributed by atoms with Gasteiger partial charge in [0.1, 0.15) is 5.75 Å². The Kier molecular flexibility index (Phi) is 6.34. The van der Waals surface area contributed by atoms with Crippen LogP contribution in [0.5, 0.6) is 5.75 Å². The van der Waals surface area contributed by atoms with Gasteiger partial charge < -0.3 is 10.1 Å². The van der Waals surface area contributed by atoms with E-state index in [1.165, 1.54) is 43.5 Å². The van der Waals surface area contributed by atoms with Crippen LogP contribution in [-0.2, 0) is 13.0 Å². The molecule has 1 N–H and O–H groups in total. The Morgan fingerprint density at radius 2 is 2.10 bits per heavy atom. The molecule has 0 unspecified atom stereocenters. The lowest BCUT2D eigenvalue weighted by Crippen LogP contribution is -2.34. The van der Waals surface area contributed by atoms with Crippen molar-refractivity contribution in [1.29, 1.82) is 0 Å². The standard InChI is InChI=1S/C17H26N2O.ClH/c1-18-8-4-14-5-9-19(10-6-14)13-15-2-3-17-16(12-15)7-11-20-17;/h2-3,12,14,18H,4-11,13H2,1H3;1H. The molecule has 0 bridgehead atoms. The summed E-state index contributed by atoms with van der Waals surface area (Å²) in [6, 6.07) is 6.73. The van der Waals surface area contributed by atoms with Crippen molar-refractivity contribution >= 4 is 12.4 Å². The molecule has 3 rings (SSSR count). The van der Waals surface area contributed by atoms with Gasteiger partial charge in [-0.1, -0.05) is 12.1 Å². The van der Waals surface area contributed by atoms with Crippen LogP contribution < -0.4 is 10.1 Å². The predicted octanol–water partition coefficient (Wildman–Crippen LogP) is 2.86. The molecule has 0 saturated carbocycles. The van der Waals surface area contributed by atoms with Crippen LogP contribution in [0.25, 0.3) is 0 Å². The second kappa shape index (κ2) is 8.02. The summed E-state index contributed by atoms with van der Waals surface area (Å²) in [5.74, 6) is 2.02. The molecular formula is C17H27ClN2O. The lowest BCUT2D eigenvalue weighted by molar-refractivity contribution is 0.172. The summed E-state index contributed by atoms with van der Waals surface area (Å²) in [7, 11) is 2.05. The summed E-state index contributed by atoms with van der Waals surface area (Å²) < 4.78 is 5.58. The van der Waals surface area contributed by atoms with Crippen molar-refractivity contribution in [2.24, 2.45) is 5.92 Å². The van der Waals surface area contributed by atoms with Gasteiger partial charge in [-0.15, -0.1) is 12.4 Å². The molecule has 0 aliphatic carbocycles. The Balaban J connectivity index is 0.00000161. The number of hydrogen-bond acceptors (Lipinski definition) is 3. The van der Waals surface area contributed by atoms with Crippen molar-refractivity contribution in [3.63, 3.8) is 0 Å². The van der Waals surface area contributed by atoms with E-state index in [0.717, 1.165) is 37.8 Å². The third-order valence-electron chi connectivity index (χ3n) is 4.67. The number of piperidine rings is 1. The van der Waals surface area contributed by atoms with E-state index in [-0.39, 0.29) is 12.4 Å². The Labute approximate surface area is 134 Å². The Morgan fingerprint density at radius 1 is 1.29 bits per heavy atom. The average molecular weight is 311 g/mol. The molecule has 1 saturated heterocycles. The second-order valence-corrected chi connectivity index (χ2v) is 6.15. The molecule has 118 valence electrons. The van der Waals surface area contributed by atoms with Crippen LogP contribution in [0.3, 0.4) is 0 Å². The van der Waals surface area contributed by atoms with Gasteiger partial charge in [0.2, 0.25) is 0 Å². The summed E-state index contributed by atoms with van der Waals surface area (Å²) in [5, 5.41) is 3.26. The minimum absolute atomic E-state index is 0. The van der Waals surface area contributed by atoms with Gasteiger partial charge in [-0.3, -0.25) is 4.90 Å². The van der Waals surface area contributed by atoms with Gasteiger partial charge in [-0.2, -0.15) is 0 Å². The van der Waals surface area contributed by atoms with E-state index in [4.69, 9.17) is 4.74 Å². The molecule has 0 spiro atoms. The van der Waals surface area contributed by atoms with Crippen molar-refractivity contribution in [1.82, 2.24) is 10.2 Å². The van der Waals surface area contributed by atoms with Crippen LogP contribution >= 0.6 is 12.4 Å². The molecule has 21 heavy (non-hydrogen) atoms. The van der Waals surface area contributed by atoms with E-state index in [0.29, 0.717) is 0 Å². The minimum Gasteiger partial charge on any atom is -0.493 e. The van der Waals surface area contributed by atoms with E-state index in [9.17, 15) is 0 Å². The van der Waals surface area contributed by atoms with Crippen LogP contribution in [-0.4, -0.2) is 38.2 Å². The summed E-state index contributed by atoms with van der Waals surface area (Å²) in [6.07, 6.45) is 5.13. The molecule has 3 nitrogen and oxygen atoms in total. The number of hydrogen-bond donors (Lipinski definition) is 1. The molecule has 2 heterocycles. The fourth-order valence-electron chi connectivity index (χ4n) is 3.38. The van der Waals surface area contributed by atoms with Gasteiger partial charge in [0.15, 0.2) is 0 Å². The highest BCUT2D eigenvalue weighted by atomic mass is 35.5. The zero-order valence-electron chi connectivity index (χ0n) is 12.9. The predicted molar refractivity (Wildman–Crippen MR) is 89.4 cm³/mol. The number of likely N-dealkylation sites (tertiary alicyclic amines) is 1. The van der Waals surface area contributed by atoms with Gasteiger partial charge in [0, 0.05) is 13.0 Å². The molecular weight excluding hydrogens is 284 g/mol. The first-order valence-electron chi connectivity index (χ1n) is 7.96. The lowest BCUT2D eigenvalue weighted by atomic mass is 9.93. The Morgan fingerprint density at radius 3 is 2.86 bits per heavy atom. The number of rotatable bonds is 5. The lowest BCUT2D eigenvalue weighted by Gasteiger charge is -2.32. The third-order valence-corrected chi connectivity index (χ3v) is 4.67. The maximum absolute atomic E-state index is 5.58. The fourth-order valence-corrected chi connectivity index (χ4v) is 3.38. The average Bonchev–Trinajstić information content (AvgIpc) is 2.94. The molecule has 1 fully saturated rings. The molecule has 0 amide bonds. The van der Waals surface area contributed by atoms with E-state index >= 15 is 0 Å². The molecule has 0 aromatic heterocycles. The summed E-state index contributed by atoms with van der Waals surface area (Å²) in [4.78, 5) is 2.60. The zero-order chi connectivity index (χ0) is 13.8. The van der Waals surface area contributed by atoms with Crippen LogP contribution in [0.2, 0.25) is 0 Å². The van der Waals surface area contributed by atoms with Gasteiger partial charge in [-0.05, 0) is 69.1 Å². The number of ether oxygens (including phenoxy) is 1. The smallest absolute Gasteiger partial charge is 0.122 e. The fraction of sp³-hybridized carbons (Fsp3) is 0.647. The van der Waals surface area contributed by atoms with E-state index in [1.807, 2.05) is 7.05 Å². The quantitative estimate of drug-likeness (QED) is 0.905. The SMILES string of the molecule is CNCCC1CCN(Cc2ccc3c(c2)CCO3)CC1.Cl. The summed E-state index contributed by atoms with van der Waals surface area (Å²) in [6.45, 7) is 5.63. The summed E-state index contributed by atoms with van der Waals surface area (Å²) in [5.41, 5.74) is 2.84. The van der Waals surface area contributed by atoms with Crippen molar-refractivity contribution < 1.29 is 4.74 Å². The highest BCUT2D eigenvalue weighted by Crippen LogP contribution is 2.27.